The van der Waals surface area contributed by atoms with Crippen LogP contribution in [0, 0.1) is 5.92 Å². The molecule has 3 nitrogen and oxygen atoms in total. The summed E-state index contributed by atoms with van der Waals surface area (Å²) >= 11 is 0. The molecule has 0 heterocycles. The Morgan fingerprint density at radius 1 is 0.963 bits per heavy atom. The number of carboxylic acids is 1. The van der Waals surface area contributed by atoms with Crippen LogP contribution in [0.3, 0.4) is 0 Å². The first kappa shape index (κ1) is 22.2. The third kappa shape index (κ3) is 4.65. The molecule has 1 unspecified atom stereocenters. The molecule has 1 fully saturated rings. The van der Waals surface area contributed by atoms with Crippen molar-refractivity contribution in [2.45, 2.75) is 95.9 Å². The second-order valence-corrected chi connectivity index (χ2v) is 14.6. The average Bonchev–Trinajstić information content (AvgIpc) is 2.62. The summed E-state index contributed by atoms with van der Waals surface area (Å²) in [4.78, 5) is 12.4. The molecule has 1 aliphatic carbocycles. The van der Waals surface area contributed by atoms with Gasteiger partial charge in [-0.25, -0.2) is 4.79 Å². The maximum atomic E-state index is 12.4. The number of carbonyl (C=O) groups is 1. The minimum absolute atomic E-state index is 0.0572. The van der Waals surface area contributed by atoms with Crippen LogP contribution < -0.4 is 0 Å². The fourth-order valence-corrected chi connectivity index (χ4v) is 11.1. The van der Waals surface area contributed by atoms with E-state index >= 15 is 0 Å². The minimum Gasteiger partial charge on any atom is -0.479 e. The number of hydrogen-bond donors (Lipinski definition) is 1. The molecular weight excluding hydrogens is 352 g/mol. The molecule has 0 aliphatic heterocycles. The van der Waals surface area contributed by atoms with E-state index in [1.807, 2.05) is 6.07 Å². The maximum absolute atomic E-state index is 12.4. The highest BCUT2D eigenvalue weighted by Gasteiger charge is 2.50. The van der Waals surface area contributed by atoms with Gasteiger partial charge >= 0.3 is 5.97 Å². The Morgan fingerprint density at radius 2 is 1.48 bits per heavy atom. The second-order valence-electron chi connectivity index (χ2n) is 9.16. The highest BCUT2D eigenvalue weighted by atomic mass is 28.4. The normalized spacial score (nSPS) is 22.4. The zero-order chi connectivity index (χ0) is 20.2. The Kier molecular flexibility index (Phi) is 7.70. The van der Waals surface area contributed by atoms with Crippen LogP contribution in [0.2, 0.25) is 16.6 Å². The van der Waals surface area contributed by atoms with E-state index in [-0.39, 0.29) is 11.8 Å². The van der Waals surface area contributed by atoms with E-state index < -0.39 is 20.4 Å². The molecule has 0 saturated heterocycles. The van der Waals surface area contributed by atoms with Crippen LogP contribution in [0.1, 0.15) is 78.7 Å². The molecule has 1 N–H and O–H groups in total. The lowest BCUT2D eigenvalue weighted by atomic mass is 9.73. The van der Waals surface area contributed by atoms with E-state index in [0.29, 0.717) is 16.6 Å². The van der Waals surface area contributed by atoms with Crippen molar-refractivity contribution in [3.05, 3.63) is 35.9 Å². The van der Waals surface area contributed by atoms with E-state index in [2.05, 4.69) is 65.8 Å². The summed E-state index contributed by atoms with van der Waals surface area (Å²) in [5.41, 5.74) is 2.43. The Balaban J connectivity index is 2.41. The van der Waals surface area contributed by atoms with E-state index in [4.69, 9.17) is 4.43 Å². The smallest absolute Gasteiger partial charge is 0.331 e. The number of benzene rings is 1. The molecule has 1 aliphatic rings. The molecular formula is C23H38O3Si. The third-order valence-corrected chi connectivity index (χ3v) is 12.8. The van der Waals surface area contributed by atoms with Gasteiger partial charge in [-0.2, -0.15) is 0 Å². The number of carboxylic acid groups (broad SMARTS) is 1. The van der Waals surface area contributed by atoms with Gasteiger partial charge < -0.3 is 9.53 Å². The SMILES string of the molecule is CC(C)[Si](OC(C(=O)O)[C@@H]1CCCC[C@@H]1c1ccccc1)(C(C)C)C(C)C. The van der Waals surface area contributed by atoms with Crippen molar-refractivity contribution in [1.29, 1.82) is 0 Å². The first-order chi connectivity index (χ1) is 12.7. The van der Waals surface area contributed by atoms with Gasteiger partial charge in [0.25, 0.3) is 0 Å². The fourth-order valence-electron chi connectivity index (χ4n) is 5.59. The minimum atomic E-state index is -2.25. The maximum Gasteiger partial charge on any atom is 0.331 e. The predicted molar refractivity (Wildman–Crippen MR) is 115 cm³/mol. The van der Waals surface area contributed by atoms with Gasteiger partial charge in [0, 0.05) is 5.92 Å². The molecule has 1 aromatic rings. The summed E-state index contributed by atoms with van der Waals surface area (Å²) in [7, 11) is -2.25. The highest BCUT2D eigenvalue weighted by Crippen LogP contribution is 2.47. The molecule has 1 saturated carbocycles. The third-order valence-electron chi connectivity index (χ3n) is 6.72. The van der Waals surface area contributed by atoms with E-state index in [9.17, 15) is 9.90 Å². The molecule has 0 aromatic heterocycles. The molecule has 1 aromatic carbocycles. The van der Waals surface area contributed by atoms with Crippen LogP contribution in [0.15, 0.2) is 30.3 Å². The molecule has 0 spiro atoms. The summed E-state index contributed by atoms with van der Waals surface area (Å²) in [5.74, 6) is -0.442. The predicted octanol–water partition coefficient (Wildman–Crippen LogP) is 6.61. The Morgan fingerprint density at radius 3 is 1.96 bits per heavy atom. The van der Waals surface area contributed by atoms with E-state index in [1.165, 1.54) is 12.0 Å². The molecule has 0 radical (unpaired) electrons. The number of aliphatic carboxylic acids is 1. The molecule has 3 atom stereocenters. The van der Waals surface area contributed by atoms with Crippen molar-refractivity contribution in [3.8, 4) is 0 Å². The van der Waals surface area contributed by atoms with Gasteiger partial charge in [-0.3, -0.25) is 0 Å². The van der Waals surface area contributed by atoms with Crippen LogP contribution >= 0.6 is 0 Å². The van der Waals surface area contributed by atoms with Crippen LogP contribution in [-0.4, -0.2) is 25.5 Å². The van der Waals surface area contributed by atoms with Crippen LogP contribution in [0.25, 0.3) is 0 Å². The van der Waals surface area contributed by atoms with Gasteiger partial charge in [0.2, 0.25) is 8.32 Å². The lowest BCUT2D eigenvalue weighted by Crippen LogP contribution is -2.54. The summed E-state index contributed by atoms with van der Waals surface area (Å²) in [6.07, 6.45) is 3.57. The lowest BCUT2D eigenvalue weighted by molar-refractivity contribution is -0.149. The largest absolute Gasteiger partial charge is 0.479 e. The highest BCUT2D eigenvalue weighted by molar-refractivity contribution is 6.77. The molecule has 0 bridgehead atoms. The Bertz CT molecular complexity index is 575. The van der Waals surface area contributed by atoms with Crippen molar-refractivity contribution < 1.29 is 14.3 Å². The fraction of sp³-hybridized carbons (Fsp3) is 0.696. The summed E-state index contributed by atoms with van der Waals surface area (Å²) in [6.45, 7) is 13.3. The van der Waals surface area contributed by atoms with Gasteiger partial charge in [-0.05, 0) is 40.9 Å². The van der Waals surface area contributed by atoms with Crippen molar-refractivity contribution in [2.24, 2.45) is 5.92 Å². The van der Waals surface area contributed by atoms with Gasteiger partial charge in [-0.15, -0.1) is 0 Å². The average molecular weight is 391 g/mol. The summed E-state index contributed by atoms with van der Waals surface area (Å²) in [6, 6.07) is 10.5. The second kappa shape index (κ2) is 9.38. The van der Waals surface area contributed by atoms with E-state index in [1.54, 1.807) is 0 Å². The van der Waals surface area contributed by atoms with Crippen molar-refractivity contribution >= 4 is 14.3 Å². The standard InChI is InChI=1S/C23H38O3Si/c1-16(2)27(17(3)4,18(5)6)26-22(23(24)25)21-15-11-10-14-20(21)19-12-8-7-9-13-19/h7-9,12-13,16-18,20-22H,10-11,14-15H2,1-6H3,(H,24,25)/t20-,21-,22?/m1/s1. The molecule has 0 amide bonds. The monoisotopic (exact) mass is 390 g/mol. The summed E-state index contributed by atoms with van der Waals surface area (Å²) in [5, 5.41) is 10.2. The molecule has 27 heavy (non-hydrogen) atoms. The first-order valence-corrected chi connectivity index (χ1v) is 12.8. The first-order valence-electron chi connectivity index (χ1n) is 10.7. The van der Waals surface area contributed by atoms with Gasteiger partial charge in [-0.1, -0.05) is 84.7 Å². The molecule has 152 valence electrons. The number of hydrogen-bond acceptors (Lipinski definition) is 2. The number of rotatable bonds is 8. The van der Waals surface area contributed by atoms with Gasteiger partial charge in [0.05, 0.1) is 0 Å². The summed E-state index contributed by atoms with van der Waals surface area (Å²) < 4.78 is 6.81. The van der Waals surface area contributed by atoms with Crippen molar-refractivity contribution in [1.82, 2.24) is 0 Å². The molecule has 2 rings (SSSR count). The van der Waals surface area contributed by atoms with Gasteiger partial charge in [0.15, 0.2) is 0 Å². The molecule has 4 heteroatoms. The van der Waals surface area contributed by atoms with Crippen LogP contribution in [-0.2, 0) is 9.22 Å². The van der Waals surface area contributed by atoms with Crippen LogP contribution in [0.5, 0.6) is 0 Å². The Hall–Kier alpha value is -1.13. The van der Waals surface area contributed by atoms with Gasteiger partial charge in [0.1, 0.15) is 6.10 Å². The van der Waals surface area contributed by atoms with Crippen molar-refractivity contribution in [2.75, 3.05) is 0 Å². The quantitative estimate of drug-likeness (QED) is 0.508. The van der Waals surface area contributed by atoms with Crippen molar-refractivity contribution in [3.63, 3.8) is 0 Å². The van der Waals surface area contributed by atoms with E-state index in [0.717, 1.165) is 19.3 Å². The van der Waals surface area contributed by atoms with Crippen LogP contribution in [0.4, 0.5) is 0 Å². The topological polar surface area (TPSA) is 46.5 Å². The zero-order valence-electron chi connectivity index (χ0n) is 17.9. The zero-order valence-corrected chi connectivity index (χ0v) is 18.9. The lowest BCUT2D eigenvalue weighted by Gasteiger charge is -2.46. The Labute approximate surface area is 166 Å².